The van der Waals surface area contributed by atoms with Gasteiger partial charge in [0.1, 0.15) is 5.75 Å². The molecule has 0 radical (unpaired) electrons. The lowest BCUT2D eigenvalue weighted by atomic mass is 10.2. The number of fused-ring (bicyclic) bond motifs is 1. The van der Waals surface area contributed by atoms with Gasteiger partial charge in [0.15, 0.2) is 11.5 Å². The molecule has 19 heavy (non-hydrogen) atoms. The molecule has 1 aliphatic rings. The first-order chi connectivity index (χ1) is 9.22. The number of hydrogen-bond acceptors (Lipinski definition) is 5. The fourth-order valence-electron chi connectivity index (χ4n) is 1.76. The molecule has 0 bridgehead atoms. The maximum Gasteiger partial charge on any atom is 0.231 e. The van der Waals surface area contributed by atoms with Gasteiger partial charge in [-0.25, -0.2) is 4.98 Å². The third-order valence-corrected chi connectivity index (χ3v) is 2.81. The normalized spacial score (nSPS) is 14.2. The summed E-state index contributed by atoms with van der Waals surface area (Å²) < 4.78 is 16.1. The summed E-state index contributed by atoms with van der Waals surface area (Å²) in [5.74, 6) is 2.47. The molecule has 1 aliphatic heterocycles. The molecule has 0 spiro atoms. The summed E-state index contributed by atoms with van der Waals surface area (Å²) in [5.41, 5.74) is 0.748. The van der Waals surface area contributed by atoms with Crippen LogP contribution in [0.4, 0.5) is 0 Å². The average molecular weight is 259 g/mol. The molecule has 0 amide bonds. The minimum absolute atomic E-state index is 0.236. The minimum Gasteiger partial charge on any atom is -0.454 e. The maximum absolute atomic E-state index is 9.40. The molecule has 3 rings (SSSR count). The molecule has 0 unspecified atom stereocenters. The molecule has 2 aromatic rings. The van der Waals surface area contributed by atoms with E-state index in [0.717, 1.165) is 5.56 Å². The van der Waals surface area contributed by atoms with Gasteiger partial charge in [0.05, 0.1) is 6.10 Å². The first kappa shape index (κ1) is 11.8. The van der Waals surface area contributed by atoms with E-state index in [4.69, 9.17) is 14.2 Å². The molecule has 1 aromatic carbocycles. The molecule has 5 nitrogen and oxygen atoms in total. The number of aromatic nitrogens is 1. The van der Waals surface area contributed by atoms with E-state index >= 15 is 0 Å². The van der Waals surface area contributed by atoms with E-state index in [1.807, 2.05) is 0 Å². The molecule has 0 fully saturated rings. The minimum atomic E-state index is -0.535. The number of ether oxygens (including phenoxy) is 3. The standard InChI is InChI=1S/C14H13NO4/c1-9(16)10-2-5-14(15-7-10)19-11-3-4-12-13(6-11)18-8-17-12/h2-7,9,16H,8H2,1H3/t9-/m1/s1. The van der Waals surface area contributed by atoms with Crippen molar-refractivity contribution in [3.8, 4) is 23.1 Å². The van der Waals surface area contributed by atoms with Gasteiger partial charge in [-0.15, -0.1) is 0 Å². The molecule has 0 saturated carbocycles. The van der Waals surface area contributed by atoms with E-state index in [-0.39, 0.29) is 6.79 Å². The number of nitrogens with zero attached hydrogens (tertiary/aromatic N) is 1. The Morgan fingerprint density at radius 3 is 2.79 bits per heavy atom. The highest BCUT2D eigenvalue weighted by Gasteiger charge is 2.14. The van der Waals surface area contributed by atoms with Crippen LogP contribution in [0.25, 0.3) is 0 Å². The summed E-state index contributed by atoms with van der Waals surface area (Å²) in [6.45, 7) is 1.93. The van der Waals surface area contributed by atoms with E-state index in [9.17, 15) is 5.11 Å². The smallest absolute Gasteiger partial charge is 0.231 e. The highest BCUT2D eigenvalue weighted by Crippen LogP contribution is 2.36. The van der Waals surface area contributed by atoms with Crippen molar-refractivity contribution in [1.29, 1.82) is 0 Å². The lowest BCUT2D eigenvalue weighted by Gasteiger charge is -2.07. The Hall–Kier alpha value is -2.27. The molecular weight excluding hydrogens is 246 g/mol. The van der Waals surface area contributed by atoms with Crippen molar-refractivity contribution in [3.05, 3.63) is 42.1 Å². The molecule has 0 aliphatic carbocycles. The first-order valence-corrected chi connectivity index (χ1v) is 5.94. The summed E-state index contributed by atoms with van der Waals surface area (Å²) in [6, 6.07) is 8.83. The van der Waals surface area contributed by atoms with Crippen molar-refractivity contribution >= 4 is 0 Å². The molecule has 5 heteroatoms. The Balaban J connectivity index is 1.77. The van der Waals surface area contributed by atoms with Crippen LogP contribution in [0.3, 0.4) is 0 Å². The van der Waals surface area contributed by atoms with Crippen LogP contribution in [-0.2, 0) is 0 Å². The highest BCUT2D eigenvalue weighted by atomic mass is 16.7. The van der Waals surface area contributed by atoms with Crippen molar-refractivity contribution in [1.82, 2.24) is 4.98 Å². The van der Waals surface area contributed by atoms with Gasteiger partial charge in [-0.1, -0.05) is 0 Å². The van der Waals surface area contributed by atoms with E-state index in [1.165, 1.54) is 0 Å². The van der Waals surface area contributed by atoms with Crippen LogP contribution < -0.4 is 14.2 Å². The molecule has 2 heterocycles. The zero-order valence-electron chi connectivity index (χ0n) is 10.4. The van der Waals surface area contributed by atoms with Gasteiger partial charge in [0, 0.05) is 18.3 Å². The number of benzene rings is 1. The topological polar surface area (TPSA) is 60.8 Å². The Morgan fingerprint density at radius 1 is 1.21 bits per heavy atom. The Morgan fingerprint density at radius 2 is 2.05 bits per heavy atom. The number of pyridine rings is 1. The fourth-order valence-corrected chi connectivity index (χ4v) is 1.76. The van der Waals surface area contributed by atoms with Gasteiger partial charge in [0.25, 0.3) is 0 Å². The molecule has 1 aromatic heterocycles. The van der Waals surface area contributed by atoms with Crippen molar-refractivity contribution in [2.75, 3.05) is 6.79 Å². The molecule has 0 saturated heterocycles. The van der Waals surface area contributed by atoms with Gasteiger partial charge >= 0.3 is 0 Å². The van der Waals surface area contributed by atoms with Crippen molar-refractivity contribution in [3.63, 3.8) is 0 Å². The van der Waals surface area contributed by atoms with Crippen LogP contribution in [0, 0.1) is 0 Å². The quantitative estimate of drug-likeness (QED) is 0.918. The van der Waals surface area contributed by atoms with Gasteiger partial charge in [-0.2, -0.15) is 0 Å². The molecule has 1 atom stereocenters. The zero-order valence-corrected chi connectivity index (χ0v) is 10.4. The number of rotatable bonds is 3. The van der Waals surface area contributed by atoms with Crippen LogP contribution in [0.2, 0.25) is 0 Å². The first-order valence-electron chi connectivity index (χ1n) is 5.94. The van der Waals surface area contributed by atoms with Gasteiger partial charge in [-0.05, 0) is 30.7 Å². The second kappa shape index (κ2) is 4.78. The van der Waals surface area contributed by atoms with Crippen molar-refractivity contribution < 1.29 is 19.3 Å². The zero-order chi connectivity index (χ0) is 13.2. The van der Waals surface area contributed by atoms with Crippen LogP contribution in [0.1, 0.15) is 18.6 Å². The predicted molar refractivity (Wildman–Crippen MR) is 67.5 cm³/mol. The molecule has 98 valence electrons. The summed E-state index contributed by atoms with van der Waals surface area (Å²) in [4.78, 5) is 4.13. The summed E-state index contributed by atoms with van der Waals surface area (Å²) in [6.07, 6.45) is 1.06. The lowest BCUT2D eigenvalue weighted by Crippen LogP contribution is -1.94. The van der Waals surface area contributed by atoms with Crippen LogP contribution >= 0.6 is 0 Å². The van der Waals surface area contributed by atoms with Gasteiger partial charge in [-0.3, -0.25) is 0 Å². The summed E-state index contributed by atoms with van der Waals surface area (Å²) in [5, 5.41) is 9.40. The summed E-state index contributed by atoms with van der Waals surface area (Å²) >= 11 is 0. The van der Waals surface area contributed by atoms with Crippen LogP contribution in [0.15, 0.2) is 36.5 Å². The van der Waals surface area contributed by atoms with E-state index in [1.54, 1.807) is 43.5 Å². The van der Waals surface area contributed by atoms with E-state index in [2.05, 4.69) is 4.98 Å². The molecular formula is C14H13NO4. The second-order valence-corrected chi connectivity index (χ2v) is 4.22. The van der Waals surface area contributed by atoms with E-state index < -0.39 is 6.10 Å². The Kier molecular flexibility index (Phi) is 2.97. The van der Waals surface area contributed by atoms with E-state index in [0.29, 0.717) is 23.1 Å². The third-order valence-electron chi connectivity index (χ3n) is 2.81. The van der Waals surface area contributed by atoms with Crippen molar-refractivity contribution in [2.45, 2.75) is 13.0 Å². The largest absolute Gasteiger partial charge is 0.454 e. The number of aliphatic hydroxyl groups is 1. The SMILES string of the molecule is C[C@@H](O)c1ccc(Oc2ccc3c(c2)OCO3)nc1. The van der Waals surface area contributed by atoms with Crippen LogP contribution in [0.5, 0.6) is 23.1 Å². The molecule has 1 N–H and O–H groups in total. The van der Waals surface area contributed by atoms with Crippen molar-refractivity contribution in [2.24, 2.45) is 0 Å². The average Bonchev–Trinajstić information content (AvgIpc) is 2.87. The van der Waals surface area contributed by atoms with Crippen LogP contribution in [-0.4, -0.2) is 16.9 Å². The Bertz CT molecular complexity index is 580. The highest BCUT2D eigenvalue weighted by molar-refractivity contribution is 5.47. The van der Waals surface area contributed by atoms with Gasteiger partial charge in [0.2, 0.25) is 12.7 Å². The number of aliphatic hydroxyl groups excluding tert-OH is 1. The summed E-state index contributed by atoms with van der Waals surface area (Å²) in [7, 11) is 0. The fraction of sp³-hybridized carbons (Fsp3) is 0.214. The predicted octanol–water partition coefficient (Wildman–Crippen LogP) is 2.66. The maximum atomic E-state index is 9.40. The third kappa shape index (κ3) is 2.46. The second-order valence-electron chi connectivity index (χ2n) is 4.22. The monoisotopic (exact) mass is 259 g/mol. The lowest BCUT2D eigenvalue weighted by molar-refractivity contribution is 0.174. The Labute approximate surface area is 110 Å². The van der Waals surface area contributed by atoms with Gasteiger partial charge < -0.3 is 19.3 Å². The number of hydrogen-bond donors (Lipinski definition) is 1.